The third kappa shape index (κ3) is 6.19. The minimum atomic E-state index is 0.384. The summed E-state index contributed by atoms with van der Waals surface area (Å²) in [6.07, 6.45) is 10.2. The molecule has 0 aromatic carbocycles. The van der Waals surface area contributed by atoms with E-state index in [0.717, 1.165) is 67.7 Å². The summed E-state index contributed by atoms with van der Waals surface area (Å²) >= 11 is 5.85. The maximum Gasteiger partial charge on any atom is 0.178 e. The summed E-state index contributed by atoms with van der Waals surface area (Å²) in [5.41, 5.74) is 3.62. The Labute approximate surface area is 175 Å². The van der Waals surface area contributed by atoms with Crippen LogP contribution in [0.2, 0.25) is 5.15 Å². The normalized spacial score (nSPS) is 15.3. The molecule has 0 radical (unpaired) electrons. The Bertz CT molecular complexity index is 887. The Kier molecular flexibility index (Phi) is 7.86. The zero-order valence-corrected chi connectivity index (χ0v) is 17.5. The molecule has 0 unspecified atom stereocenters. The Hall–Kier alpha value is -2.61. The molecule has 0 bridgehead atoms. The predicted molar refractivity (Wildman–Crippen MR) is 111 cm³/mol. The lowest BCUT2D eigenvalue weighted by Gasteiger charge is -2.16. The van der Waals surface area contributed by atoms with Crippen molar-refractivity contribution >= 4 is 23.0 Å². The molecule has 0 saturated carbocycles. The Morgan fingerprint density at radius 2 is 2.07 bits per heavy atom. The summed E-state index contributed by atoms with van der Waals surface area (Å²) in [5, 5.41) is 8.55. The lowest BCUT2D eigenvalue weighted by atomic mass is 9.95. The molecule has 29 heavy (non-hydrogen) atoms. The lowest BCUT2D eigenvalue weighted by Crippen LogP contribution is -2.16. The van der Waals surface area contributed by atoms with Gasteiger partial charge in [-0.3, -0.25) is 0 Å². The number of rotatable bonds is 9. The van der Waals surface area contributed by atoms with Crippen LogP contribution in [0.1, 0.15) is 61.9 Å². The van der Waals surface area contributed by atoms with Crippen LogP contribution in [0, 0.1) is 0 Å². The second kappa shape index (κ2) is 10.8. The maximum absolute atomic E-state index is 5.85. The first-order valence-corrected chi connectivity index (χ1v) is 10.2. The first-order valence-electron chi connectivity index (χ1n) is 9.78. The van der Waals surface area contributed by atoms with Crippen molar-refractivity contribution in [3.63, 3.8) is 0 Å². The van der Waals surface area contributed by atoms with Crippen molar-refractivity contribution in [2.45, 2.75) is 51.9 Å². The molecule has 3 rings (SSSR count). The fourth-order valence-electron chi connectivity index (χ4n) is 3.08. The quantitative estimate of drug-likeness (QED) is 0.267. The number of unbranched alkanes of at least 4 members (excludes halogenated alkanes) is 2. The smallest absolute Gasteiger partial charge is 0.178 e. The molecule has 8 nitrogen and oxygen atoms in total. The van der Waals surface area contributed by atoms with Crippen molar-refractivity contribution in [1.82, 2.24) is 19.9 Å². The van der Waals surface area contributed by atoms with Crippen molar-refractivity contribution in [2.24, 2.45) is 10.3 Å². The van der Waals surface area contributed by atoms with E-state index in [1.165, 1.54) is 0 Å². The Morgan fingerprint density at radius 3 is 2.90 bits per heavy atom. The summed E-state index contributed by atoms with van der Waals surface area (Å²) < 4.78 is 0. The van der Waals surface area contributed by atoms with Crippen LogP contribution in [0.5, 0.6) is 0 Å². The highest BCUT2D eigenvalue weighted by molar-refractivity contribution is 6.29. The predicted octanol–water partition coefficient (Wildman–Crippen LogP) is 3.76. The fourth-order valence-corrected chi connectivity index (χ4v) is 3.22. The second-order valence-corrected chi connectivity index (χ2v) is 7.14. The van der Waals surface area contributed by atoms with Gasteiger partial charge in [-0.25, -0.2) is 19.9 Å². The van der Waals surface area contributed by atoms with E-state index in [0.29, 0.717) is 23.3 Å². The molecule has 2 heterocycles. The van der Waals surface area contributed by atoms with Gasteiger partial charge in [-0.15, -0.1) is 0 Å². The minimum absolute atomic E-state index is 0.384. The number of fused-ring (bicyclic) bond motifs is 1. The van der Waals surface area contributed by atoms with Gasteiger partial charge in [-0.2, -0.15) is 0 Å². The van der Waals surface area contributed by atoms with Gasteiger partial charge < -0.3 is 9.68 Å². The average Bonchev–Trinajstić information content (AvgIpc) is 2.73. The number of aryl methyl sites for hydroxylation is 2. The number of nitrogens with zero attached hydrogens (tertiary/aromatic N) is 6. The third-order valence-corrected chi connectivity index (χ3v) is 4.74. The van der Waals surface area contributed by atoms with Gasteiger partial charge in [0.25, 0.3) is 0 Å². The number of aromatic nitrogens is 4. The van der Waals surface area contributed by atoms with Gasteiger partial charge in [0.05, 0.1) is 5.69 Å². The van der Waals surface area contributed by atoms with Crippen molar-refractivity contribution in [1.29, 1.82) is 0 Å². The van der Waals surface area contributed by atoms with Crippen molar-refractivity contribution in [3.8, 4) is 0 Å². The van der Waals surface area contributed by atoms with Crippen LogP contribution >= 0.6 is 11.6 Å². The minimum Gasteiger partial charge on any atom is -0.399 e. The van der Waals surface area contributed by atoms with Crippen LogP contribution in [0.4, 0.5) is 0 Å². The molecule has 2 aromatic rings. The molecule has 0 saturated heterocycles. The molecule has 2 aromatic heterocycles. The highest BCUT2D eigenvalue weighted by Crippen LogP contribution is 2.20. The Balaban J connectivity index is 1.40. The zero-order chi connectivity index (χ0) is 20.5. The molecule has 0 aliphatic heterocycles. The highest BCUT2D eigenvalue weighted by atomic mass is 35.5. The monoisotopic (exact) mass is 416 g/mol. The molecule has 1 aliphatic rings. The van der Waals surface area contributed by atoms with Gasteiger partial charge in [-0.1, -0.05) is 21.9 Å². The van der Waals surface area contributed by atoms with Gasteiger partial charge >= 0.3 is 0 Å². The molecule has 0 spiro atoms. The Morgan fingerprint density at radius 1 is 1.17 bits per heavy atom. The summed E-state index contributed by atoms with van der Waals surface area (Å²) in [4.78, 5) is 27.7. The second-order valence-electron chi connectivity index (χ2n) is 6.76. The summed E-state index contributed by atoms with van der Waals surface area (Å²) in [6.45, 7) is 2.33. The zero-order valence-electron chi connectivity index (χ0n) is 16.8. The van der Waals surface area contributed by atoms with Gasteiger partial charge in [0.15, 0.2) is 5.82 Å². The molecule has 9 heteroatoms. The van der Waals surface area contributed by atoms with E-state index in [9.17, 15) is 0 Å². The van der Waals surface area contributed by atoms with E-state index in [4.69, 9.17) is 26.3 Å². The van der Waals surface area contributed by atoms with Crippen LogP contribution in [0.15, 0.2) is 28.8 Å². The molecule has 0 amide bonds. The molecule has 0 atom stereocenters. The van der Waals surface area contributed by atoms with Crippen molar-refractivity contribution < 1.29 is 9.68 Å². The van der Waals surface area contributed by atoms with Crippen LogP contribution < -0.4 is 0 Å². The molecule has 0 fully saturated rings. The fraction of sp³-hybridized carbons (Fsp3) is 0.500. The number of hydrogen-bond acceptors (Lipinski definition) is 8. The largest absolute Gasteiger partial charge is 0.399 e. The molecule has 1 aliphatic carbocycles. The van der Waals surface area contributed by atoms with Gasteiger partial charge in [0.1, 0.15) is 36.1 Å². The van der Waals surface area contributed by atoms with E-state index in [2.05, 4.69) is 25.3 Å². The summed E-state index contributed by atoms with van der Waals surface area (Å²) in [5.74, 6) is 1.32. The van der Waals surface area contributed by atoms with Gasteiger partial charge in [-0.05, 0) is 57.1 Å². The molecular weight excluding hydrogens is 392 g/mol. The van der Waals surface area contributed by atoms with Crippen LogP contribution in [0.25, 0.3) is 0 Å². The maximum atomic E-state index is 5.85. The average molecular weight is 417 g/mol. The van der Waals surface area contributed by atoms with Crippen LogP contribution in [-0.4, -0.2) is 45.1 Å². The van der Waals surface area contributed by atoms with Crippen LogP contribution in [0.3, 0.4) is 0 Å². The first-order chi connectivity index (χ1) is 14.2. The van der Waals surface area contributed by atoms with Crippen molar-refractivity contribution in [3.05, 3.63) is 46.5 Å². The summed E-state index contributed by atoms with van der Waals surface area (Å²) in [6, 6.07) is 1.62. The van der Waals surface area contributed by atoms with E-state index >= 15 is 0 Å². The van der Waals surface area contributed by atoms with Gasteiger partial charge in [0.2, 0.25) is 0 Å². The highest BCUT2D eigenvalue weighted by Gasteiger charge is 2.18. The van der Waals surface area contributed by atoms with E-state index < -0.39 is 0 Å². The number of halogens is 1. The number of oxime groups is 2. The molecule has 0 N–H and O–H groups in total. The topological polar surface area (TPSA) is 94.7 Å². The first kappa shape index (κ1) is 21.1. The van der Waals surface area contributed by atoms with Crippen LogP contribution in [-0.2, 0) is 22.5 Å². The lowest BCUT2D eigenvalue weighted by molar-refractivity contribution is 0.139. The van der Waals surface area contributed by atoms with E-state index in [1.807, 2.05) is 6.20 Å². The third-order valence-electron chi connectivity index (χ3n) is 4.53. The van der Waals surface area contributed by atoms with Gasteiger partial charge in [0, 0.05) is 18.8 Å². The molecule has 154 valence electrons. The van der Waals surface area contributed by atoms with E-state index in [1.54, 1.807) is 26.3 Å². The standard InChI is InChI=1S/C20H25ClN6O2/c1-14(20-22-11-10-17(21)24-20)26-29-12-5-3-4-9-18-23-13-15-7-6-8-16(27-28-2)19(15)25-18/h10-11,13H,3-9,12H2,1-2H3/b26-14+,27-16+. The molecular formula is C20H25ClN6O2. The van der Waals surface area contributed by atoms with E-state index in [-0.39, 0.29) is 0 Å². The summed E-state index contributed by atoms with van der Waals surface area (Å²) in [7, 11) is 1.57. The SMILES string of the molecule is CO/N=C1\CCCc2cnc(CCCCCO/N=C(\C)c3nccc(Cl)n3)nc21. The number of hydrogen-bond donors (Lipinski definition) is 0. The van der Waals surface area contributed by atoms with Crippen molar-refractivity contribution in [2.75, 3.05) is 13.7 Å².